The minimum atomic E-state index is -0.589. The van der Waals surface area contributed by atoms with Crippen LogP contribution < -0.4 is 10.1 Å². The summed E-state index contributed by atoms with van der Waals surface area (Å²) in [7, 11) is 2.93. The normalized spacial score (nSPS) is 20.8. The van der Waals surface area contributed by atoms with Crippen LogP contribution in [0.5, 0.6) is 5.75 Å². The Morgan fingerprint density at radius 2 is 1.65 bits per heavy atom. The maximum absolute atomic E-state index is 13.6. The van der Waals surface area contributed by atoms with Crippen molar-refractivity contribution in [3.05, 3.63) is 88.0 Å². The number of benzene rings is 2. The molecule has 0 aromatic heterocycles. The lowest BCUT2D eigenvalue weighted by atomic mass is 9.72. The topological polar surface area (TPSA) is 64.6 Å². The summed E-state index contributed by atoms with van der Waals surface area (Å²) < 4.78 is 23.8. The standard InChI is InChI=1S/C25H24FNO4/c1-14-22(25(29)31-3)23(16-4-8-18(26)9-5-16)24-20(27-14)12-17(13-21(24)28)15-6-10-19(30-2)11-7-15/h4-11,17,23,27H,12-13H2,1-3H3/t17-,23-/m0/s1. The molecule has 2 aromatic rings. The summed E-state index contributed by atoms with van der Waals surface area (Å²) in [5.74, 6) is -0.713. The summed E-state index contributed by atoms with van der Waals surface area (Å²) in [5.41, 5.74) is 4.12. The molecule has 2 atom stereocenters. The quantitative estimate of drug-likeness (QED) is 0.743. The fourth-order valence-corrected chi connectivity index (χ4v) is 4.52. The number of carbonyl (C=O) groups is 2. The third kappa shape index (κ3) is 3.85. The number of dihydropyridines is 1. The minimum absolute atomic E-state index is 0.0194. The molecule has 2 aliphatic rings. The van der Waals surface area contributed by atoms with Gasteiger partial charge in [-0.25, -0.2) is 9.18 Å². The van der Waals surface area contributed by atoms with Gasteiger partial charge in [0.2, 0.25) is 0 Å². The lowest BCUT2D eigenvalue weighted by Gasteiger charge is -2.36. The highest BCUT2D eigenvalue weighted by atomic mass is 19.1. The molecule has 160 valence electrons. The number of allylic oxidation sites excluding steroid dienone is 3. The van der Waals surface area contributed by atoms with Gasteiger partial charge in [0.25, 0.3) is 0 Å². The second-order valence-electron chi connectivity index (χ2n) is 7.83. The lowest BCUT2D eigenvalue weighted by molar-refractivity contribution is -0.136. The molecule has 4 rings (SSSR count). The van der Waals surface area contributed by atoms with Crippen LogP contribution in [0.3, 0.4) is 0 Å². The van der Waals surface area contributed by atoms with Gasteiger partial charge in [-0.2, -0.15) is 0 Å². The van der Waals surface area contributed by atoms with Gasteiger partial charge in [-0.05, 0) is 54.7 Å². The molecule has 0 fully saturated rings. The highest BCUT2D eigenvalue weighted by Gasteiger charge is 2.41. The number of hydrogen-bond donors (Lipinski definition) is 1. The van der Waals surface area contributed by atoms with Gasteiger partial charge in [0, 0.05) is 29.3 Å². The predicted molar refractivity (Wildman–Crippen MR) is 114 cm³/mol. The van der Waals surface area contributed by atoms with Crippen molar-refractivity contribution < 1.29 is 23.5 Å². The molecule has 0 unspecified atom stereocenters. The molecule has 0 spiro atoms. The van der Waals surface area contributed by atoms with Gasteiger partial charge in [-0.1, -0.05) is 24.3 Å². The van der Waals surface area contributed by atoms with E-state index in [1.807, 2.05) is 24.3 Å². The molecule has 5 nitrogen and oxygen atoms in total. The van der Waals surface area contributed by atoms with Crippen LogP contribution in [0.15, 0.2) is 71.1 Å². The second-order valence-corrected chi connectivity index (χ2v) is 7.83. The van der Waals surface area contributed by atoms with Gasteiger partial charge in [-0.3, -0.25) is 4.79 Å². The Balaban J connectivity index is 1.76. The average molecular weight is 421 g/mol. The number of rotatable bonds is 4. The van der Waals surface area contributed by atoms with Crippen molar-refractivity contribution in [3.8, 4) is 5.75 Å². The molecule has 31 heavy (non-hydrogen) atoms. The molecule has 1 N–H and O–H groups in total. The smallest absolute Gasteiger partial charge is 0.336 e. The number of methoxy groups -OCH3 is 2. The fraction of sp³-hybridized carbons (Fsp3) is 0.280. The highest BCUT2D eigenvalue weighted by molar-refractivity contribution is 6.04. The van der Waals surface area contributed by atoms with Crippen molar-refractivity contribution in [2.75, 3.05) is 14.2 Å². The maximum Gasteiger partial charge on any atom is 0.336 e. The summed E-state index contributed by atoms with van der Waals surface area (Å²) in [6.45, 7) is 1.80. The van der Waals surface area contributed by atoms with E-state index in [4.69, 9.17) is 9.47 Å². The Morgan fingerprint density at radius 3 is 2.26 bits per heavy atom. The van der Waals surface area contributed by atoms with Gasteiger partial charge in [0.1, 0.15) is 11.6 Å². The summed E-state index contributed by atoms with van der Waals surface area (Å²) >= 11 is 0. The van der Waals surface area contributed by atoms with E-state index in [0.717, 1.165) is 17.0 Å². The number of ketones is 1. The first-order valence-electron chi connectivity index (χ1n) is 10.1. The molecular weight excluding hydrogens is 397 g/mol. The van der Waals surface area contributed by atoms with E-state index < -0.39 is 11.9 Å². The van der Waals surface area contributed by atoms with Crippen molar-refractivity contribution in [1.82, 2.24) is 5.32 Å². The van der Waals surface area contributed by atoms with Crippen LogP contribution in [0.1, 0.15) is 42.7 Å². The Bertz CT molecular complexity index is 1080. The molecule has 1 aliphatic carbocycles. The van der Waals surface area contributed by atoms with E-state index in [-0.39, 0.29) is 17.5 Å². The van der Waals surface area contributed by atoms with E-state index in [1.54, 1.807) is 26.2 Å². The first-order chi connectivity index (χ1) is 14.9. The largest absolute Gasteiger partial charge is 0.497 e. The van der Waals surface area contributed by atoms with Gasteiger partial charge in [-0.15, -0.1) is 0 Å². The Morgan fingerprint density at radius 1 is 1.00 bits per heavy atom. The molecule has 6 heteroatoms. The average Bonchev–Trinajstić information content (AvgIpc) is 2.78. The van der Waals surface area contributed by atoms with Gasteiger partial charge in [0.05, 0.1) is 19.8 Å². The first kappa shape index (κ1) is 20.8. The minimum Gasteiger partial charge on any atom is -0.497 e. The molecule has 1 heterocycles. The fourth-order valence-electron chi connectivity index (χ4n) is 4.52. The number of hydrogen-bond acceptors (Lipinski definition) is 5. The Kier molecular flexibility index (Phi) is 5.63. The zero-order chi connectivity index (χ0) is 22.1. The van der Waals surface area contributed by atoms with Crippen molar-refractivity contribution in [2.24, 2.45) is 0 Å². The number of esters is 1. The lowest BCUT2D eigenvalue weighted by Crippen LogP contribution is -2.36. The molecule has 0 saturated carbocycles. The van der Waals surface area contributed by atoms with Gasteiger partial charge in [0.15, 0.2) is 5.78 Å². The number of nitrogens with one attached hydrogen (secondary N) is 1. The number of carbonyl (C=O) groups excluding carboxylic acids is 2. The maximum atomic E-state index is 13.6. The van der Waals surface area contributed by atoms with Crippen molar-refractivity contribution in [3.63, 3.8) is 0 Å². The predicted octanol–water partition coefficient (Wildman–Crippen LogP) is 4.37. The highest BCUT2D eigenvalue weighted by Crippen LogP contribution is 2.45. The zero-order valence-electron chi connectivity index (χ0n) is 17.7. The van der Waals surface area contributed by atoms with Crippen LogP contribution in [0.4, 0.5) is 4.39 Å². The van der Waals surface area contributed by atoms with Crippen LogP contribution in [0, 0.1) is 5.82 Å². The van der Waals surface area contributed by atoms with E-state index >= 15 is 0 Å². The molecule has 0 amide bonds. The molecule has 0 bridgehead atoms. The number of halogens is 1. The first-order valence-corrected chi connectivity index (χ1v) is 10.1. The van der Waals surface area contributed by atoms with E-state index in [0.29, 0.717) is 35.2 Å². The van der Waals surface area contributed by atoms with Crippen LogP contribution >= 0.6 is 0 Å². The molecule has 2 aromatic carbocycles. The van der Waals surface area contributed by atoms with Crippen LogP contribution in [0.2, 0.25) is 0 Å². The summed E-state index contributed by atoms with van der Waals surface area (Å²) in [5, 5.41) is 3.29. The SMILES string of the molecule is COC(=O)C1=C(C)NC2=C(C(=O)C[C@@H](c3ccc(OC)cc3)C2)[C@H]1c1ccc(F)cc1. The molecule has 0 radical (unpaired) electrons. The van der Waals surface area contributed by atoms with Gasteiger partial charge >= 0.3 is 5.97 Å². The van der Waals surface area contributed by atoms with E-state index in [9.17, 15) is 14.0 Å². The van der Waals surface area contributed by atoms with Crippen molar-refractivity contribution >= 4 is 11.8 Å². The van der Waals surface area contributed by atoms with Crippen LogP contribution in [-0.2, 0) is 14.3 Å². The number of Topliss-reactive ketones (excluding diaryl/α,β-unsaturated/α-hetero) is 1. The molecular formula is C25H24FNO4. The number of ether oxygens (including phenoxy) is 2. The van der Waals surface area contributed by atoms with Gasteiger partial charge < -0.3 is 14.8 Å². The third-order valence-electron chi connectivity index (χ3n) is 6.02. The monoisotopic (exact) mass is 421 g/mol. The summed E-state index contributed by atoms with van der Waals surface area (Å²) in [6, 6.07) is 13.7. The zero-order valence-corrected chi connectivity index (χ0v) is 17.7. The Hall–Kier alpha value is -3.41. The third-order valence-corrected chi connectivity index (χ3v) is 6.02. The van der Waals surface area contributed by atoms with Crippen LogP contribution in [0.25, 0.3) is 0 Å². The van der Waals surface area contributed by atoms with Crippen LogP contribution in [-0.4, -0.2) is 26.0 Å². The van der Waals surface area contributed by atoms with Crippen molar-refractivity contribution in [2.45, 2.75) is 31.6 Å². The summed E-state index contributed by atoms with van der Waals surface area (Å²) in [6.07, 6.45) is 0.967. The van der Waals surface area contributed by atoms with E-state index in [2.05, 4.69) is 5.32 Å². The second kappa shape index (κ2) is 8.38. The van der Waals surface area contributed by atoms with E-state index in [1.165, 1.54) is 19.2 Å². The Labute approximate surface area is 180 Å². The van der Waals surface area contributed by atoms with Crippen molar-refractivity contribution in [1.29, 1.82) is 0 Å². The molecule has 1 aliphatic heterocycles. The summed E-state index contributed by atoms with van der Waals surface area (Å²) in [4.78, 5) is 26.0. The molecule has 0 saturated heterocycles.